The minimum Gasteiger partial charge on any atom is -0.394 e. The predicted molar refractivity (Wildman–Crippen MR) is 176 cm³/mol. The summed E-state index contributed by atoms with van der Waals surface area (Å²) in [6.07, 6.45) is 6.61. The maximum absolute atomic E-state index is 14.9. The van der Waals surface area contributed by atoms with Crippen molar-refractivity contribution in [3.63, 3.8) is 0 Å². The summed E-state index contributed by atoms with van der Waals surface area (Å²) in [6, 6.07) is 17.8. The summed E-state index contributed by atoms with van der Waals surface area (Å²) in [5.74, 6) is -1.69. The summed E-state index contributed by atoms with van der Waals surface area (Å²) in [7, 11) is 0. The van der Waals surface area contributed by atoms with Crippen LogP contribution in [-0.4, -0.2) is 79.3 Å². The largest absolute Gasteiger partial charge is 0.394 e. The lowest BCUT2D eigenvalue weighted by atomic mass is 9.66. The van der Waals surface area contributed by atoms with Gasteiger partial charge in [0.05, 0.1) is 29.2 Å². The van der Waals surface area contributed by atoms with Crippen LogP contribution in [0.1, 0.15) is 56.7 Å². The number of benzene rings is 2. The first-order chi connectivity index (χ1) is 21.3. The molecule has 0 aromatic heterocycles. The van der Waals surface area contributed by atoms with Crippen LogP contribution in [0.3, 0.4) is 0 Å². The fourth-order valence-electron chi connectivity index (χ4n) is 7.74. The first kappa shape index (κ1) is 32.0. The molecule has 7 nitrogen and oxygen atoms in total. The van der Waals surface area contributed by atoms with Crippen LogP contribution in [0, 0.1) is 11.8 Å². The lowest BCUT2D eigenvalue weighted by molar-refractivity contribution is -0.148. The van der Waals surface area contributed by atoms with Crippen molar-refractivity contribution in [1.29, 1.82) is 0 Å². The first-order valence-electron chi connectivity index (χ1n) is 15.8. The number of hydrogen-bond donors (Lipinski definition) is 1. The highest BCUT2D eigenvalue weighted by Gasteiger charge is 2.78. The van der Waals surface area contributed by atoms with Gasteiger partial charge < -0.3 is 19.8 Å². The van der Waals surface area contributed by atoms with Crippen molar-refractivity contribution in [2.24, 2.45) is 11.8 Å². The average molecular weight is 616 g/mol. The van der Waals surface area contributed by atoms with Gasteiger partial charge in [0.25, 0.3) is 0 Å². The van der Waals surface area contributed by atoms with Crippen LogP contribution in [0.25, 0.3) is 0 Å². The molecule has 44 heavy (non-hydrogen) atoms. The van der Waals surface area contributed by atoms with Crippen molar-refractivity contribution in [2.45, 2.75) is 67.7 Å². The Hall–Kier alpha value is -3.36. The number of carbonyl (C=O) groups is 3. The maximum Gasteiger partial charge on any atom is 0.247 e. The summed E-state index contributed by atoms with van der Waals surface area (Å²) in [5.41, 5.74) is 1.78. The van der Waals surface area contributed by atoms with Crippen LogP contribution < -0.4 is 0 Å². The first-order valence-corrected chi connectivity index (χ1v) is 16.6. The third-order valence-electron chi connectivity index (χ3n) is 9.73. The van der Waals surface area contributed by atoms with E-state index in [1.807, 2.05) is 65.6 Å². The Kier molecular flexibility index (Phi) is 9.71. The zero-order chi connectivity index (χ0) is 31.5. The number of likely N-dealkylation sites (tertiary alicyclic amines) is 1. The van der Waals surface area contributed by atoms with Crippen molar-refractivity contribution < 1.29 is 19.5 Å². The molecule has 2 unspecified atom stereocenters. The van der Waals surface area contributed by atoms with Crippen molar-refractivity contribution in [2.75, 3.05) is 26.2 Å². The van der Waals surface area contributed by atoms with Gasteiger partial charge in [-0.25, -0.2) is 0 Å². The van der Waals surface area contributed by atoms with E-state index in [9.17, 15) is 19.5 Å². The number of unbranched alkanes of at least 4 members (excludes halogenated alkanes) is 1. The van der Waals surface area contributed by atoms with Gasteiger partial charge in [0.15, 0.2) is 0 Å². The van der Waals surface area contributed by atoms with E-state index >= 15 is 0 Å². The molecule has 0 radical (unpaired) electrons. The van der Waals surface area contributed by atoms with Gasteiger partial charge in [-0.05, 0) is 37.3 Å². The third kappa shape index (κ3) is 5.51. The highest BCUT2D eigenvalue weighted by Crippen LogP contribution is 2.72. The Labute approximate surface area is 266 Å². The van der Waals surface area contributed by atoms with E-state index in [0.717, 1.165) is 30.4 Å². The van der Waals surface area contributed by atoms with Crippen LogP contribution in [0.15, 0.2) is 86.0 Å². The normalized spacial score (nSPS) is 27.6. The van der Waals surface area contributed by atoms with Gasteiger partial charge in [-0.3, -0.25) is 14.4 Å². The lowest BCUT2D eigenvalue weighted by Gasteiger charge is -2.39. The number of amides is 3. The fraction of sp³-hybridized carbons (Fsp3) is 0.472. The molecule has 3 fully saturated rings. The summed E-state index contributed by atoms with van der Waals surface area (Å²) < 4.78 is -1.27. The molecule has 234 valence electrons. The Balaban J connectivity index is 1.60. The monoisotopic (exact) mass is 615 g/mol. The molecule has 3 aliphatic rings. The van der Waals surface area contributed by atoms with E-state index in [2.05, 4.69) is 27.0 Å². The van der Waals surface area contributed by atoms with Gasteiger partial charge in [-0.1, -0.05) is 86.2 Å². The van der Waals surface area contributed by atoms with E-state index in [1.165, 1.54) is 0 Å². The molecule has 3 heterocycles. The molecule has 3 amide bonds. The number of hydrogen-bond acceptors (Lipinski definition) is 5. The molecule has 0 aliphatic carbocycles. The highest BCUT2D eigenvalue weighted by atomic mass is 32.2. The van der Waals surface area contributed by atoms with Gasteiger partial charge in [0.2, 0.25) is 17.7 Å². The predicted octanol–water partition coefficient (Wildman–Crippen LogP) is 5.23. The van der Waals surface area contributed by atoms with Gasteiger partial charge in [0, 0.05) is 30.9 Å². The van der Waals surface area contributed by atoms with Gasteiger partial charge in [0.1, 0.15) is 6.04 Å². The molecular weight excluding hydrogens is 570 g/mol. The highest BCUT2D eigenvalue weighted by molar-refractivity contribution is 8.02. The average Bonchev–Trinajstić information content (AvgIpc) is 3.60. The Morgan fingerprint density at radius 2 is 1.66 bits per heavy atom. The number of nitrogens with zero attached hydrogens (tertiary/aromatic N) is 3. The Morgan fingerprint density at radius 3 is 2.27 bits per heavy atom. The van der Waals surface area contributed by atoms with Crippen LogP contribution >= 0.6 is 11.8 Å². The van der Waals surface area contributed by atoms with Gasteiger partial charge in [-0.2, -0.15) is 0 Å². The molecule has 1 N–H and O–H groups in total. The second-order valence-electron chi connectivity index (χ2n) is 12.5. The zero-order valence-corrected chi connectivity index (χ0v) is 26.8. The van der Waals surface area contributed by atoms with Gasteiger partial charge in [-0.15, -0.1) is 24.9 Å². The lowest BCUT2D eigenvalue weighted by Crippen LogP contribution is -2.56. The standard InChI is InChI=1S/C36H45N3O4S/c1-5-8-23-37(21-6-2)34(43)31-36-20-19-35(4,44-36)29(32(41)38(22-7-3)24-26-15-11-9-12-16-26)30(36)33(42)39(31)28(25-40)27-17-13-10-14-18-27/h6-7,9-18,28-31,40H,2-3,5,8,19-25H2,1,4H3/t28-,29-,30+,31?,35+,36?/m1/s1. The van der Waals surface area contributed by atoms with Crippen molar-refractivity contribution in [3.8, 4) is 0 Å². The topological polar surface area (TPSA) is 81.2 Å². The molecule has 3 saturated heterocycles. The molecule has 2 aromatic rings. The van der Waals surface area contributed by atoms with Crippen molar-refractivity contribution in [3.05, 3.63) is 97.1 Å². The van der Waals surface area contributed by atoms with Crippen molar-refractivity contribution in [1.82, 2.24) is 14.7 Å². The fourth-order valence-corrected chi connectivity index (χ4v) is 10.1. The molecule has 0 saturated carbocycles. The second kappa shape index (κ2) is 13.3. The summed E-state index contributed by atoms with van der Waals surface area (Å²) in [6.45, 7) is 13.4. The number of aliphatic hydroxyl groups is 1. The number of rotatable bonds is 14. The van der Waals surface area contributed by atoms with Crippen molar-refractivity contribution >= 4 is 29.5 Å². The molecular formula is C36H45N3O4S. The number of aliphatic hydroxyl groups excluding tert-OH is 1. The minimum absolute atomic E-state index is 0.0779. The van der Waals surface area contributed by atoms with Crippen LogP contribution in [-0.2, 0) is 20.9 Å². The quantitative estimate of drug-likeness (QED) is 0.295. The zero-order valence-electron chi connectivity index (χ0n) is 25.9. The molecule has 3 aliphatic heterocycles. The Bertz CT molecular complexity index is 1370. The van der Waals surface area contributed by atoms with E-state index in [1.54, 1.807) is 33.7 Å². The molecule has 8 heteroatoms. The molecule has 1 spiro atoms. The molecule has 6 atom stereocenters. The van der Waals surface area contributed by atoms with Gasteiger partial charge >= 0.3 is 0 Å². The SMILES string of the molecule is C=CCN(CCCC)C(=O)C1N([C@H](CO)c2ccccc2)C(=O)[C@@H]2[C@H](C(=O)N(CC=C)Cc3ccccc3)[C@]3(C)CCC12S3. The Morgan fingerprint density at radius 1 is 1.02 bits per heavy atom. The second-order valence-corrected chi connectivity index (χ2v) is 14.4. The summed E-state index contributed by atoms with van der Waals surface area (Å²) in [5, 5.41) is 10.8. The van der Waals surface area contributed by atoms with Crippen LogP contribution in [0.2, 0.25) is 0 Å². The number of carbonyl (C=O) groups excluding carboxylic acids is 3. The third-order valence-corrected chi connectivity index (χ3v) is 11.7. The number of fused-ring (bicyclic) bond motifs is 1. The minimum atomic E-state index is -0.805. The van der Waals surface area contributed by atoms with E-state index in [4.69, 9.17) is 0 Å². The van der Waals surface area contributed by atoms with Crippen LogP contribution in [0.4, 0.5) is 0 Å². The summed E-state index contributed by atoms with van der Waals surface area (Å²) in [4.78, 5) is 49.5. The molecule has 5 rings (SSSR count). The molecule has 2 bridgehead atoms. The number of thioether (sulfide) groups is 1. The molecule has 2 aromatic carbocycles. The summed E-state index contributed by atoms with van der Waals surface area (Å²) >= 11 is 1.67. The van der Waals surface area contributed by atoms with Crippen LogP contribution in [0.5, 0.6) is 0 Å². The van der Waals surface area contributed by atoms with E-state index in [0.29, 0.717) is 32.6 Å². The maximum atomic E-state index is 14.9. The smallest absolute Gasteiger partial charge is 0.247 e. The van der Waals surface area contributed by atoms with E-state index in [-0.39, 0.29) is 24.3 Å². The van der Waals surface area contributed by atoms with E-state index < -0.39 is 33.4 Å².